The molecule has 94 valence electrons. The van der Waals surface area contributed by atoms with Gasteiger partial charge in [0.05, 0.1) is 5.69 Å². The highest BCUT2D eigenvalue weighted by atomic mass is 16.3. The average molecular weight is 241 g/mol. The van der Waals surface area contributed by atoms with Crippen LogP contribution in [0.2, 0.25) is 0 Å². The highest BCUT2D eigenvalue weighted by Crippen LogP contribution is 2.44. The third kappa shape index (κ3) is 1.76. The van der Waals surface area contributed by atoms with Crippen LogP contribution < -0.4 is 0 Å². The van der Waals surface area contributed by atoms with E-state index >= 15 is 0 Å². The van der Waals surface area contributed by atoms with E-state index in [1.807, 2.05) is 0 Å². The molecule has 2 heteroatoms. The van der Waals surface area contributed by atoms with Crippen molar-refractivity contribution in [1.82, 2.24) is 4.98 Å². The minimum absolute atomic E-state index is 0.145. The molecule has 1 aliphatic carbocycles. The predicted molar refractivity (Wildman–Crippen MR) is 71.7 cm³/mol. The molecule has 0 spiro atoms. The average Bonchev–Trinajstić information content (AvgIpc) is 2.68. The van der Waals surface area contributed by atoms with Gasteiger partial charge in [-0.2, -0.15) is 0 Å². The molecule has 1 unspecified atom stereocenters. The van der Waals surface area contributed by atoms with Gasteiger partial charge >= 0.3 is 0 Å². The van der Waals surface area contributed by atoms with Gasteiger partial charge in [-0.05, 0) is 23.0 Å². The molecular weight excluding hydrogens is 222 g/mol. The molecule has 0 saturated heterocycles. The number of benzene rings is 1. The maximum absolute atomic E-state index is 5.58. The third-order valence-electron chi connectivity index (χ3n) is 3.80. The highest BCUT2D eigenvalue weighted by molar-refractivity contribution is 5.41. The highest BCUT2D eigenvalue weighted by Gasteiger charge is 2.35. The molecule has 0 radical (unpaired) electrons. The normalized spacial score (nSPS) is 18.9. The van der Waals surface area contributed by atoms with Gasteiger partial charge in [-0.25, -0.2) is 4.98 Å². The summed E-state index contributed by atoms with van der Waals surface area (Å²) in [6, 6.07) is 8.73. The van der Waals surface area contributed by atoms with Crippen LogP contribution in [0.1, 0.15) is 49.3 Å². The smallest absolute Gasteiger partial charge is 0.181 e. The Hall–Kier alpha value is -1.57. The summed E-state index contributed by atoms with van der Waals surface area (Å²) in [5, 5.41) is 0. The number of aryl methyl sites for hydroxylation is 2. The van der Waals surface area contributed by atoms with Crippen LogP contribution in [0.3, 0.4) is 0 Å². The zero-order chi connectivity index (χ0) is 12.8. The standard InChI is InChI=1S/C16H19NO/c1-16(2,3)14-12-7-5-4-6-11(12)8-9-13-15(14)17-10-18-13/h4-7,10,14H,8-9H2,1-3H3. The maximum atomic E-state index is 5.58. The van der Waals surface area contributed by atoms with Crippen molar-refractivity contribution in [1.29, 1.82) is 0 Å². The van der Waals surface area contributed by atoms with Gasteiger partial charge in [0.25, 0.3) is 0 Å². The summed E-state index contributed by atoms with van der Waals surface area (Å²) in [6.07, 6.45) is 3.60. The first kappa shape index (κ1) is 11.5. The summed E-state index contributed by atoms with van der Waals surface area (Å²) in [5.41, 5.74) is 4.13. The third-order valence-corrected chi connectivity index (χ3v) is 3.80. The summed E-state index contributed by atoms with van der Waals surface area (Å²) in [4.78, 5) is 4.50. The molecule has 18 heavy (non-hydrogen) atoms. The minimum atomic E-state index is 0.145. The lowest BCUT2D eigenvalue weighted by Gasteiger charge is -2.30. The van der Waals surface area contributed by atoms with Crippen LogP contribution in [0.25, 0.3) is 0 Å². The number of oxazole rings is 1. The molecule has 1 atom stereocenters. The van der Waals surface area contributed by atoms with Crippen molar-refractivity contribution >= 4 is 0 Å². The molecule has 2 nitrogen and oxygen atoms in total. The predicted octanol–water partition coefficient (Wildman–Crippen LogP) is 3.95. The van der Waals surface area contributed by atoms with Crippen molar-refractivity contribution in [2.45, 2.75) is 39.5 Å². The van der Waals surface area contributed by atoms with E-state index in [-0.39, 0.29) is 5.41 Å². The number of aromatic nitrogens is 1. The first-order valence-electron chi connectivity index (χ1n) is 6.57. The maximum Gasteiger partial charge on any atom is 0.181 e. The van der Waals surface area contributed by atoms with Gasteiger partial charge in [-0.1, -0.05) is 45.0 Å². The SMILES string of the molecule is CC(C)(C)C1c2ccccc2CCc2ocnc21. The molecule has 3 rings (SSSR count). The van der Waals surface area contributed by atoms with Crippen LogP contribution in [0.4, 0.5) is 0 Å². The van der Waals surface area contributed by atoms with E-state index in [2.05, 4.69) is 50.0 Å². The number of fused-ring (bicyclic) bond motifs is 2. The van der Waals surface area contributed by atoms with Crippen LogP contribution in [-0.2, 0) is 12.8 Å². The summed E-state index contributed by atoms with van der Waals surface area (Å²) in [6.45, 7) is 6.83. The zero-order valence-electron chi connectivity index (χ0n) is 11.2. The van der Waals surface area contributed by atoms with E-state index in [0.717, 1.165) is 24.3 Å². The van der Waals surface area contributed by atoms with Crippen molar-refractivity contribution in [3.8, 4) is 0 Å². The van der Waals surface area contributed by atoms with Crippen LogP contribution in [0, 0.1) is 5.41 Å². The van der Waals surface area contributed by atoms with E-state index in [1.54, 1.807) is 6.39 Å². The number of hydrogen-bond acceptors (Lipinski definition) is 2. The van der Waals surface area contributed by atoms with Crippen molar-refractivity contribution in [2.75, 3.05) is 0 Å². The lowest BCUT2D eigenvalue weighted by Crippen LogP contribution is -2.21. The lowest BCUT2D eigenvalue weighted by molar-refractivity contribution is 0.351. The molecule has 1 aromatic carbocycles. The summed E-state index contributed by atoms with van der Waals surface area (Å²) in [5.74, 6) is 1.39. The molecule has 1 heterocycles. The van der Waals surface area contributed by atoms with Gasteiger partial charge in [-0.3, -0.25) is 0 Å². The molecular formula is C16H19NO. The number of nitrogens with zero attached hydrogens (tertiary/aromatic N) is 1. The second-order valence-corrected chi connectivity index (χ2v) is 6.16. The Morgan fingerprint density at radius 1 is 1.17 bits per heavy atom. The van der Waals surface area contributed by atoms with Crippen LogP contribution >= 0.6 is 0 Å². The van der Waals surface area contributed by atoms with Crippen LogP contribution in [0.5, 0.6) is 0 Å². The molecule has 0 aliphatic heterocycles. The monoisotopic (exact) mass is 241 g/mol. The Kier molecular flexibility index (Phi) is 2.54. The van der Waals surface area contributed by atoms with Gasteiger partial charge in [0.1, 0.15) is 5.76 Å². The Balaban J connectivity index is 2.23. The van der Waals surface area contributed by atoms with Gasteiger partial charge in [-0.15, -0.1) is 0 Å². The largest absolute Gasteiger partial charge is 0.448 e. The second-order valence-electron chi connectivity index (χ2n) is 6.16. The van der Waals surface area contributed by atoms with Crippen LogP contribution in [0.15, 0.2) is 35.1 Å². The number of hydrogen-bond donors (Lipinski definition) is 0. The zero-order valence-corrected chi connectivity index (χ0v) is 11.2. The Morgan fingerprint density at radius 3 is 2.72 bits per heavy atom. The Labute approximate surface area is 108 Å². The van der Waals surface area contributed by atoms with Gasteiger partial charge < -0.3 is 4.42 Å². The van der Waals surface area contributed by atoms with Gasteiger partial charge in [0, 0.05) is 12.3 Å². The quantitative estimate of drug-likeness (QED) is 0.698. The molecule has 0 bridgehead atoms. The van der Waals surface area contributed by atoms with Crippen molar-refractivity contribution < 1.29 is 4.42 Å². The lowest BCUT2D eigenvalue weighted by atomic mass is 9.73. The van der Waals surface area contributed by atoms with Crippen molar-refractivity contribution in [2.24, 2.45) is 5.41 Å². The van der Waals surface area contributed by atoms with E-state index < -0.39 is 0 Å². The first-order valence-corrected chi connectivity index (χ1v) is 6.57. The fourth-order valence-corrected chi connectivity index (χ4v) is 3.02. The molecule has 1 aromatic heterocycles. The fourth-order valence-electron chi connectivity index (χ4n) is 3.02. The first-order chi connectivity index (χ1) is 8.57. The summed E-state index contributed by atoms with van der Waals surface area (Å²) >= 11 is 0. The molecule has 1 aliphatic rings. The van der Waals surface area contributed by atoms with Crippen molar-refractivity contribution in [3.63, 3.8) is 0 Å². The fraction of sp³-hybridized carbons (Fsp3) is 0.438. The molecule has 0 amide bonds. The topological polar surface area (TPSA) is 26.0 Å². The van der Waals surface area contributed by atoms with E-state index in [1.165, 1.54) is 11.1 Å². The van der Waals surface area contributed by atoms with Gasteiger partial charge in [0.2, 0.25) is 0 Å². The summed E-state index contributed by atoms with van der Waals surface area (Å²) < 4.78 is 5.58. The Bertz CT molecular complexity index is 562. The van der Waals surface area contributed by atoms with Crippen molar-refractivity contribution in [3.05, 3.63) is 53.2 Å². The Morgan fingerprint density at radius 2 is 1.94 bits per heavy atom. The van der Waals surface area contributed by atoms with Gasteiger partial charge in [0.15, 0.2) is 6.39 Å². The van der Waals surface area contributed by atoms with E-state index in [9.17, 15) is 0 Å². The van der Waals surface area contributed by atoms with E-state index in [0.29, 0.717) is 5.92 Å². The number of rotatable bonds is 0. The summed E-state index contributed by atoms with van der Waals surface area (Å²) in [7, 11) is 0. The molecule has 0 N–H and O–H groups in total. The minimum Gasteiger partial charge on any atom is -0.448 e. The van der Waals surface area contributed by atoms with E-state index in [4.69, 9.17) is 4.42 Å². The molecule has 0 fully saturated rings. The second kappa shape index (κ2) is 3.98. The molecule has 0 saturated carbocycles. The van der Waals surface area contributed by atoms with Crippen LogP contribution in [-0.4, -0.2) is 4.98 Å². The molecule has 2 aromatic rings.